The minimum Gasteiger partial charge on any atom is -0.455 e. The summed E-state index contributed by atoms with van der Waals surface area (Å²) in [5.74, 6) is 1.09. The highest BCUT2D eigenvalue weighted by Crippen LogP contribution is 2.21. The van der Waals surface area contributed by atoms with Gasteiger partial charge in [0.1, 0.15) is 5.76 Å². The second-order valence-electron chi connectivity index (χ2n) is 6.33. The SMILES string of the molecule is O=C(NCCc1nc2ccccc2s1)c1ccc(CN2CCCC2)o1. The Hall–Kier alpha value is -2.18. The molecule has 0 radical (unpaired) electrons. The summed E-state index contributed by atoms with van der Waals surface area (Å²) < 4.78 is 6.87. The largest absolute Gasteiger partial charge is 0.455 e. The van der Waals surface area contributed by atoms with Gasteiger partial charge in [-0.3, -0.25) is 9.69 Å². The van der Waals surface area contributed by atoms with Gasteiger partial charge in [0.25, 0.3) is 5.91 Å². The third-order valence-corrected chi connectivity index (χ3v) is 5.52. The van der Waals surface area contributed by atoms with Crippen LogP contribution in [-0.4, -0.2) is 35.4 Å². The standard InChI is InChI=1S/C19H21N3O2S/c23-19(16-8-7-14(24-16)13-22-11-3-4-12-22)20-10-9-18-21-15-5-1-2-6-17(15)25-18/h1-2,5-8H,3-4,9-13H2,(H,20,23). The molecule has 6 heteroatoms. The molecule has 0 bridgehead atoms. The van der Waals surface area contributed by atoms with Gasteiger partial charge in [0.15, 0.2) is 5.76 Å². The Morgan fingerprint density at radius 3 is 2.88 bits per heavy atom. The van der Waals surface area contributed by atoms with Crippen molar-refractivity contribution in [3.63, 3.8) is 0 Å². The van der Waals surface area contributed by atoms with Crippen LogP contribution in [0.3, 0.4) is 0 Å². The van der Waals surface area contributed by atoms with Crippen LogP contribution in [-0.2, 0) is 13.0 Å². The normalized spacial score (nSPS) is 15.0. The monoisotopic (exact) mass is 355 g/mol. The van der Waals surface area contributed by atoms with E-state index in [-0.39, 0.29) is 5.91 Å². The number of carbonyl (C=O) groups excluding carboxylic acids is 1. The number of nitrogens with one attached hydrogen (secondary N) is 1. The molecule has 1 N–H and O–H groups in total. The molecule has 25 heavy (non-hydrogen) atoms. The van der Waals surface area contributed by atoms with E-state index in [1.807, 2.05) is 24.3 Å². The lowest BCUT2D eigenvalue weighted by molar-refractivity contribution is 0.0923. The van der Waals surface area contributed by atoms with Crippen molar-refractivity contribution in [2.45, 2.75) is 25.8 Å². The van der Waals surface area contributed by atoms with Crippen molar-refractivity contribution in [1.82, 2.24) is 15.2 Å². The van der Waals surface area contributed by atoms with Crippen molar-refractivity contribution in [2.75, 3.05) is 19.6 Å². The number of hydrogen-bond acceptors (Lipinski definition) is 5. The van der Waals surface area contributed by atoms with Gasteiger partial charge in [-0.05, 0) is 50.2 Å². The molecular formula is C19H21N3O2S. The lowest BCUT2D eigenvalue weighted by Crippen LogP contribution is -2.25. The van der Waals surface area contributed by atoms with Crippen LogP contribution in [0.5, 0.6) is 0 Å². The number of rotatable bonds is 6. The summed E-state index contributed by atoms with van der Waals surface area (Å²) in [4.78, 5) is 19.2. The smallest absolute Gasteiger partial charge is 0.287 e. The molecule has 1 aliphatic rings. The molecule has 2 aromatic heterocycles. The lowest BCUT2D eigenvalue weighted by Gasteiger charge is -2.11. The van der Waals surface area contributed by atoms with Crippen LogP contribution < -0.4 is 5.32 Å². The van der Waals surface area contributed by atoms with Crippen molar-refractivity contribution in [3.8, 4) is 0 Å². The van der Waals surface area contributed by atoms with E-state index in [0.717, 1.165) is 42.3 Å². The predicted octanol–water partition coefficient (Wildman–Crippen LogP) is 3.46. The molecule has 3 heterocycles. The fraction of sp³-hybridized carbons (Fsp3) is 0.368. The third-order valence-electron chi connectivity index (χ3n) is 4.43. The van der Waals surface area contributed by atoms with E-state index in [9.17, 15) is 4.79 Å². The fourth-order valence-electron chi connectivity index (χ4n) is 3.14. The molecule has 1 saturated heterocycles. The second kappa shape index (κ2) is 7.37. The van der Waals surface area contributed by atoms with Crippen LogP contribution in [0, 0.1) is 0 Å². The first-order chi connectivity index (χ1) is 12.3. The number of para-hydroxylation sites is 1. The number of carbonyl (C=O) groups is 1. The molecule has 130 valence electrons. The molecular weight excluding hydrogens is 334 g/mol. The number of nitrogens with zero attached hydrogens (tertiary/aromatic N) is 2. The Morgan fingerprint density at radius 2 is 2.04 bits per heavy atom. The minimum atomic E-state index is -0.159. The zero-order valence-electron chi connectivity index (χ0n) is 14.0. The lowest BCUT2D eigenvalue weighted by atomic mass is 10.3. The zero-order chi connectivity index (χ0) is 17.1. The molecule has 0 unspecified atom stereocenters. The van der Waals surface area contributed by atoms with Crippen LogP contribution in [0.1, 0.15) is 34.2 Å². The molecule has 1 aromatic carbocycles. The van der Waals surface area contributed by atoms with Crippen molar-refractivity contribution in [2.24, 2.45) is 0 Å². The summed E-state index contributed by atoms with van der Waals surface area (Å²) in [6.07, 6.45) is 3.23. The molecule has 0 spiro atoms. The maximum atomic E-state index is 12.2. The number of hydrogen-bond donors (Lipinski definition) is 1. The highest BCUT2D eigenvalue weighted by molar-refractivity contribution is 7.18. The maximum absolute atomic E-state index is 12.2. The molecule has 0 atom stereocenters. The van der Waals surface area contributed by atoms with Crippen LogP contribution in [0.4, 0.5) is 0 Å². The van der Waals surface area contributed by atoms with E-state index in [1.54, 1.807) is 17.4 Å². The van der Waals surface area contributed by atoms with E-state index in [1.165, 1.54) is 17.5 Å². The zero-order valence-corrected chi connectivity index (χ0v) is 14.8. The molecule has 0 saturated carbocycles. The van der Waals surface area contributed by atoms with E-state index in [2.05, 4.69) is 21.3 Å². The van der Waals surface area contributed by atoms with Gasteiger partial charge < -0.3 is 9.73 Å². The van der Waals surface area contributed by atoms with Gasteiger partial charge in [-0.1, -0.05) is 12.1 Å². The van der Waals surface area contributed by atoms with E-state index < -0.39 is 0 Å². The van der Waals surface area contributed by atoms with Gasteiger partial charge >= 0.3 is 0 Å². The Bertz CT molecular complexity index is 831. The highest BCUT2D eigenvalue weighted by Gasteiger charge is 2.16. The number of thiazole rings is 1. The van der Waals surface area contributed by atoms with Gasteiger partial charge in [0, 0.05) is 13.0 Å². The molecule has 1 fully saturated rings. The average molecular weight is 355 g/mol. The number of amides is 1. The number of furan rings is 1. The highest BCUT2D eigenvalue weighted by atomic mass is 32.1. The first-order valence-electron chi connectivity index (χ1n) is 8.72. The summed E-state index contributed by atoms with van der Waals surface area (Å²) in [6, 6.07) is 11.8. The molecule has 1 amide bonds. The topological polar surface area (TPSA) is 58.4 Å². The summed E-state index contributed by atoms with van der Waals surface area (Å²) in [5.41, 5.74) is 1.02. The molecule has 4 rings (SSSR count). The minimum absolute atomic E-state index is 0.159. The Labute approximate surface area is 150 Å². The molecule has 1 aliphatic heterocycles. The predicted molar refractivity (Wildman–Crippen MR) is 98.9 cm³/mol. The van der Waals surface area contributed by atoms with Crippen LogP contribution in [0.15, 0.2) is 40.8 Å². The van der Waals surface area contributed by atoms with E-state index >= 15 is 0 Å². The third kappa shape index (κ3) is 3.91. The van der Waals surface area contributed by atoms with Crippen molar-refractivity contribution in [3.05, 3.63) is 52.9 Å². The van der Waals surface area contributed by atoms with Crippen LogP contribution >= 0.6 is 11.3 Å². The second-order valence-corrected chi connectivity index (χ2v) is 7.45. The van der Waals surface area contributed by atoms with Crippen molar-refractivity contribution in [1.29, 1.82) is 0 Å². The van der Waals surface area contributed by atoms with Gasteiger partial charge in [0.2, 0.25) is 0 Å². The van der Waals surface area contributed by atoms with Gasteiger partial charge in [-0.2, -0.15) is 0 Å². The summed E-state index contributed by atoms with van der Waals surface area (Å²) in [7, 11) is 0. The maximum Gasteiger partial charge on any atom is 0.287 e. The van der Waals surface area contributed by atoms with Crippen LogP contribution in [0.2, 0.25) is 0 Å². The van der Waals surface area contributed by atoms with Gasteiger partial charge in [-0.25, -0.2) is 4.98 Å². The number of likely N-dealkylation sites (tertiary alicyclic amines) is 1. The summed E-state index contributed by atoms with van der Waals surface area (Å²) in [5, 5.41) is 3.96. The van der Waals surface area contributed by atoms with Gasteiger partial charge in [-0.15, -0.1) is 11.3 Å². The van der Waals surface area contributed by atoms with Crippen LogP contribution in [0.25, 0.3) is 10.2 Å². The Balaban J connectivity index is 1.29. The Morgan fingerprint density at radius 1 is 1.20 bits per heavy atom. The quantitative estimate of drug-likeness (QED) is 0.736. The number of benzene rings is 1. The van der Waals surface area contributed by atoms with E-state index in [4.69, 9.17) is 4.42 Å². The summed E-state index contributed by atoms with van der Waals surface area (Å²) in [6.45, 7) is 3.58. The molecule has 3 aromatic rings. The first-order valence-corrected chi connectivity index (χ1v) is 9.53. The van der Waals surface area contributed by atoms with E-state index in [0.29, 0.717) is 12.3 Å². The van der Waals surface area contributed by atoms with Gasteiger partial charge in [0.05, 0.1) is 21.8 Å². The molecule has 5 nitrogen and oxygen atoms in total. The average Bonchev–Trinajstić information content (AvgIpc) is 3.35. The first kappa shape index (κ1) is 16.3. The van der Waals surface area contributed by atoms with Crippen molar-refractivity contribution >= 4 is 27.5 Å². The molecule has 0 aliphatic carbocycles. The summed E-state index contributed by atoms with van der Waals surface area (Å²) >= 11 is 1.68. The van der Waals surface area contributed by atoms with Crippen molar-refractivity contribution < 1.29 is 9.21 Å². The number of aromatic nitrogens is 1. The number of fused-ring (bicyclic) bond motifs is 1. The fourth-order valence-corrected chi connectivity index (χ4v) is 4.11. The Kier molecular flexibility index (Phi) is 4.81.